The molecule has 1 atom stereocenters. The zero-order valence-corrected chi connectivity index (χ0v) is 14.7. The Morgan fingerprint density at radius 1 is 1.22 bits per heavy atom. The van der Waals surface area contributed by atoms with E-state index in [-0.39, 0.29) is 11.9 Å². The summed E-state index contributed by atoms with van der Waals surface area (Å²) in [4.78, 5) is 14.2. The van der Waals surface area contributed by atoms with Crippen LogP contribution in [0.1, 0.15) is 18.9 Å². The highest BCUT2D eigenvalue weighted by atomic mass is 16.5. The van der Waals surface area contributed by atoms with Crippen molar-refractivity contribution < 1.29 is 19.0 Å². The molecule has 0 aliphatic rings. The number of carbonyl (C=O) groups excluding carboxylic acids is 1. The van der Waals surface area contributed by atoms with Gasteiger partial charge in [0.2, 0.25) is 5.91 Å². The second-order valence-electron chi connectivity index (χ2n) is 5.41. The van der Waals surface area contributed by atoms with Gasteiger partial charge >= 0.3 is 0 Å². The Kier molecular flexibility index (Phi) is 8.43. The molecule has 0 saturated heterocycles. The Labute approximate surface area is 138 Å². The molecule has 0 saturated carbocycles. The summed E-state index contributed by atoms with van der Waals surface area (Å²) in [6.07, 6.45) is 0.903. The van der Waals surface area contributed by atoms with Gasteiger partial charge in [-0.3, -0.25) is 9.69 Å². The number of ether oxygens (including phenoxy) is 3. The molecule has 0 aromatic heterocycles. The Balaban J connectivity index is 2.51. The fourth-order valence-electron chi connectivity index (χ4n) is 2.18. The number of rotatable bonds is 10. The van der Waals surface area contributed by atoms with E-state index in [0.29, 0.717) is 24.7 Å². The molecule has 0 aliphatic heterocycles. The lowest BCUT2D eigenvalue weighted by Crippen LogP contribution is -2.43. The normalized spacial score (nSPS) is 12.1. The van der Waals surface area contributed by atoms with Gasteiger partial charge in [-0.2, -0.15) is 0 Å². The molecular weight excluding hydrogens is 296 g/mol. The van der Waals surface area contributed by atoms with Crippen LogP contribution >= 0.6 is 0 Å². The smallest absolute Gasteiger partial charge is 0.237 e. The number of amides is 1. The van der Waals surface area contributed by atoms with Gasteiger partial charge in [-0.05, 0) is 38.1 Å². The van der Waals surface area contributed by atoms with E-state index in [2.05, 4.69) is 5.32 Å². The van der Waals surface area contributed by atoms with Crippen molar-refractivity contribution in [3.05, 3.63) is 23.8 Å². The molecule has 0 fully saturated rings. The van der Waals surface area contributed by atoms with E-state index < -0.39 is 0 Å². The average molecular weight is 324 g/mol. The summed E-state index contributed by atoms with van der Waals surface area (Å²) in [6.45, 7) is 3.87. The van der Waals surface area contributed by atoms with Crippen molar-refractivity contribution >= 4 is 5.91 Å². The van der Waals surface area contributed by atoms with Gasteiger partial charge in [0.15, 0.2) is 11.5 Å². The van der Waals surface area contributed by atoms with Crippen molar-refractivity contribution in [2.45, 2.75) is 25.9 Å². The van der Waals surface area contributed by atoms with Gasteiger partial charge < -0.3 is 19.5 Å². The minimum atomic E-state index is -0.188. The number of hydrogen-bond donors (Lipinski definition) is 1. The molecule has 6 heteroatoms. The standard InChI is InChI=1S/C17H28N2O4/c1-13(19(2)9-6-10-21-3)17(20)18-12-14-7-8-15(22-4)16(11-14)23-5/h7-8,11,13H,6,9-10,12H2,1-5H3,(H,18,20). The van der Waals surface area contributed by atoms with Crippen LogP contribution in [0.2, 0.25) is 0 Å². The van der Waals surface area contributed by atoms with E-state index in [4.69, 9.17) is 14.2 Å². The van der Waals surface area contributed by atoms with Crippen LogP contribution in [0.3, 0.4) is 0 Å². The van der Waals surface area contributed by atoms with Gasteiger partial charge in [-0.25, -0.2) is 0 Å². The molecule has 0 heterocycles. The molecule has 6 nitrogen and oxygen atoms in total. The van der Waals surface area contributed by atoms with Gasteiger partial charge in [0.25, 0.3) is 0 Å². The zero-order chi connectivity index (χ0) is 17.2. The molecular formula is C17H28N2O4. The third-order valence-electron chi connectivity index (χ3n) is 3.81. The highest BCUT2D eigenvalue weighted by Crippen LogP contribution is 2.27. The largest absolute Gasteiger partial charge is 0.493 e. The van der Waals surface area contributed by atoms with E-state index in [9.17, 15) is 4.79 Å². The van der Waals surface area contributed by atoms with Crippen LogP contribution in [0.25, 0.3) is 0 Å². The number of nitrogens with zero attached hydrogens (tertiary/aromatic N) is 1. The van der Waals surface area contributed by atoms with Gasteiger partial charge in [-0.1, -0.05) is 6.07 Å². The molecule has 1 aromatic carbocycles. The van der Waals surface area contributed by atoms with E-state index in [1.807, 2.05) is 37.1 Å². The highest BCUT2D eigenvalue weighted by Gasteiger charge is 2.17. The van der Waals surface area contributed by atoms with Crippen molar-refractivity contribution in [1.29, 1.82) is 0 Å². The number of likely N-dealkylation sites (N-methyl/N-ethyl adjacent to an activating group) is 1. The Bertz CT molecular complexity index is 493. The number of nitrogens with one attached hydrogen (secondary N) is 1. The second kappa shape index (κ2) is 10.1. The van der Waals surface area contributed by atoms with Crippen LogP contribution in [-0.2, 0) is 16.1 Å². The van der Waals surface area contributed by atoms with E-state index in [0.717, 1.165) is 18.5 Å². The van der Waals surface area contributed by atoms with Crippen LogP contribution in [0, 0.1) is 0 Å². The number of carbonyl (C=O) groups is 1. The lowest BCUT2D eigenvalue weighted by atomic mass is 10.2. The predicted molar refractivity (Wildman–Crippen MR) is 90.0 cm³/mol. The first-order valence-electron chi connectivity index (χ1n) is 7.71. The summed E-state index contributed by atoms with van der Waals surface area (Å²) in [7, 11) is 6.81. The second-order valence-corrected chi connectivity index (χ2v) is 5.41. The minimum absolute atomic E-state index is 0.000276. The molecule has 130 valence electrons. The van der Waals surface area contributed by atoms with Crippen LogP contribution in [0.4, 0.5) is 0 Å². The first kappa shape index (κ1) is 19.3. The molecule has 1 amide bonds. The summed E-state index contributed by atoms with van der Waals surface area (Å²) >= 11 is 0. The highest BCUT2D eigenvalue weighted by molar-refractivity contribution is 5.81. The first-order valence-corrected chi connectivity index (χ1v) is 7.71. The van der Waals surface area contributed by atoms with Gasteiger partial charge in [0.1, 0.15) is 0 Å². The Hall–Kier alpha value is -1.79. The Morgan fingerprint density at radius 3 is 2.52 bits per heavy atom. The minimum Gasteiger partial charge on any atom is -0.493 e. The molecule has 0 spiro atoms. The SMILES string of the molecule is COCCCN(C)C(C)C(=O)NCc1ccc(OC)c(OC)c1. The molecule has 0 aliphatic carbocycles. The summed E-state index contributed by atoms with van der Waals surface area (Å²) < 4.78 is 15.5. The molecule has 23 heavy (non-hydrogen) atoms. The molecule has 1 unspecified atom stereocenters. The molecule has 1 N–H and O–H groups in total. The summed E-state index contributed by atoms with van der Waals surface area (Å²) in [5.41, 5.74) is 0.963. The van der Waals surface area contributed by atoms with E-state index in [1.165, 1.54) is 0 Å². The van der Waals surface area contributed by atoms with Gasteiger partial charge in [0, 0.05) is 26.8 Å². The van der Waals surface area contributed by atoms with Crippen molar-refractivity contribution in [3.8, 4) is 11.5 Å². The van der Waals surface area contributed by atoms with Crippen LogP contribution in [0.15, 0.2) is 18.2 Å². The molecule has 1 aromatic rings. The van der Waals surface area contributed by atoms with E-state index >= 15 is 0 Å². The maximum atomic E-state index is 12.2. The predicted octanol–water partition coefficient (Wildman–Crippen LogP) is 1.68. The molecule has 1 rings (SSSR count). The fourth-order valence-corrected chi connectivity index (χ4v) is 2.18. The summed E-state index contributed by atoms with van der Waals surface area (Å²) in [5, 5.41) is 2.95. The third-order valence-corrected chi connectivity index (χ3v) is 3.81. The van der Waals surface area contributed by atoms with Gasteiger partial charge in [-0.15, -0.1) is 0 Å². The lowest BCUT2D eigenvalue weighted by molar-refractivity contribution is -0.125. The average Bonchev–Trinajstić information content (AvgIpc) is 2.58. The van der Waals surface area contributed by atoms with Crippen molar-refractivity contribution in [3.63, 3.8) is 0 Å². The van der Waals surface area contributed by atoms with Crippen LogP contribution < -0.4 is 14.8 Å². The fraction of sp³-hybridized carbons (Fsp3) is 0.588. The first-order chi connectivity index (χ1) is 11.0. The number of benzene rings is 1. The lowest BCUT2D eigenvalue weighted by Gasteiger charge is -2.23. The van der Waals surface area contributed by atoms with Crippen molar-refractivity contribution in [1.82, 2.24) is 10.2 Å². The van der Waals surface area contributed by atoms with Crippen LogP contribution in [0.5, 0.6) is 11.5 Å². The third kappa shape index (κ3) is 6.08. The quantitative estimate of drug-likeness (QED) is 0.664. The number of hydrogen-bond acceptors (Lipinski definition) is 5. The van der Waals surface area contributed by atoms with Crippen molar-refractivity contribution in [2.75, 3.05) is 41.5 Å². The molecule has 0 radical (unpaired) electrons. The zero-order valence-electron chi connectivity index (χ0n) is 14.7. The van der Waals surface area contributed by atoms with E-state index in [1.54, 1.807) is 21.3 Å². The Morgan fingerprint density at radius 2 is 1.91 bits per heavy atom. The monoisotopic (exact) mass is 324 g/mol. The number of methoxy groups -OCH3 is 3. The molecule has 0 bridgehead atoms. The maximum Gasteiger partial charge on any atom is 0.237 e. The van der Waals surface area contributed by atoms with Crippen molar-refractivity contribution in [2.24, 2.45) is 0 Å². The van der Waals surface area contributed by atoms with Gasteiger partial charge in [0.05, 0.1) is 20.3 Å². The topological polar surface area (TPSA) is 60.0 Å². The summed E-state index contributed by atoms with van der Waals surface area (Å²) in [5.74, 6) is 1.33. The van der Waals surface area contributed by atoms with Crippen LogP contribution in [-0.4, -0.2) is 58.4 Å². The maximum absolute atomic E-state index is 12.2. The summed E-state index contributed by atoms with van der Waals surface area (Å²) in [6, 6.07) is 5.42.